The number of hydrogen-bond donors (Lipinski definition) is 2. The first-order chi connectivity index (χ1) is 9.24. The molecule has 2 N–H and O–H groups in total. The Morgan fingerprint density at radius 3 is 2.30 bits per heavy atom. The van der Waals surface area contributed by atoms with E-state index in [1.807, 2.05) is 36.4 Å². The molecule has 0 spiro atoms. The summed E-state index contributed by atoms with van der Waals surface area (Å²) in [6.07, 6.45) is 1.78. The minimum atomic E-state index is 0. The van der Waals surface area contributed by atoms with Gasteiger partial charge in [0.1, 0.15) is 11.6 Å². The highest BCUT2D eigenvalue weighted by Gasteiger charge is 2.05. The van der Waals surface area contributed by atoms with Gasteiger partial charge in [-0.25, -0.2) is 4.98 Å². The lowest BCUT2D eigenvalue weighted by molar-refractivity contribution is 0.475. The zero-order chi connectivity index (χ0) is 13.2. The van der Waals surface area contributed by atoms with Crippen LogP contribution in [-0.4, -0.2) is 10.1 Å². The first-order valence-corrected chi connectivity index (χ1v) is 6.62. The lowest BCUT2D eigenvalue weighted by Gasteiger charge is -2.09. The van der Waals surface area contributed by atoms with Gasteiger partial charge < -0.3 is 10.4 Å². The molecule has 0 unspecified atom stereocenters. The molecule has 20 heavy (non-hydrogen) atoms. The number of halogens is 2. The van der Waals surface area contributed by atoms with Crippen molar-refractivity contribution in [2.75, 3.05) is 5.32 Å². The average Bonchev–Trinajstić information content (AvgIpc) is 2.45. The number of aromatic hydroxyl groups is 1. The van der Waals surface area contributed by atoms with Gasteiger partial charge in [0, 0.05) is 27.1 Å². The number of aromatic nitrogens is 1. The number of phenols is 1. The molecule has 2 aromatic carbocycles. The highest BCUT2D eigenvalue weighted by Crippen LogP contribution is 2.29. The van der Waals surface area contributed by atoms with E-state index in [2.05, 4.69) is 26.2 Å². The zero-order valence-corrected chi connectivity index (χ0v) is 12.8. The normalized spacial score (nSPS) is 10.1. The Hall–Kier alpha value is -1.78. The molecule has 0 atom stereocenters. The highest BCUT2D eigenvalue weighted by atomic mass is 79.9. The molecule has 1 aromatic heterocycles. The van der Waals surface area contributed by atoms with Crippen LogP contribution in [-0.2, 0) is 0 Å². The molecule has 0 saturated carbocycles. The summed E-state index contributed by atoms with van der Waals surface area (Å²) in [7, 11) is 0. The second-order valence-corrected chi connectivity index (χ2v) is 5.03. The maximum absolute atomic E-state index is 9.28. The van der Waals surface area contributed by atoms with E-state index < -0.39 is 0 Å². The third-order valence-electron chi connectivity index (χ3n) is 2.88. The molecular weight excluding hydrogens is 340 g/mol. The van der Waals surface area contributed by atoms with Crippen LogP contribution in [0.4, 0.5) is 11.5 Å². The van der Waals surface area contributed by atoms with Crippen molar-refractivity contribution in [1.82, 2.24) is 4.98 Å². The number of pyridine rings is 1. The van der Waals surface area contributed by atoms with Gasteiger partial charge in [0.15, 0.2) is 0 Å². The van der Waals surface area contributed by atoms with Gasteiger partial charge in [-0.15, -0.1) is 12.4 Å². The number of benzene rings is 2. The minimum Gasteiger partial charge on any atom is -0.508 e. The SMILES string of the molecule is Cl.Oc1ccc(Nc2ncc(Br)c3ccccc23)cc1. The molecule has 0 bridgehead atoms. The van der Waals surface area contributed by atoms with Crippen molar-refractivity contribution in [2.24, 2.45) is 0 Å². The Balaban J connectivity index is 0.00000147. The van der Waals surface area contributed by atoms with E-state index in [1.54, 1.807) is 18.3 Å². The lowest BCUT2D eigenvalue weighted by atomic mass is 10.1. The van der Waals surface area contributed by atoms with Crippen LogP contribution >= 0.6 is 28.3 Å². The fourth-order valence-corrected chi connectivity index (χ4v) is 2.39. The van der Waals surface area contributed by atoms with Crippen molar-refractivity contribution in [3.8, 4) is 5.75 Å². The van der Waals surface area contributed by atoms with Crippen molar-refractivity contribution in [3.63, 3.8) is 0 Å². The summed E-state index contributed by atoms with van der Waals surface area (Å²) in [6.45, 7) is 0. The number of nitrogens with one attached hydrogen (secondary N) is 1. The van der Waals surface area contributed by atoms with E-state index >= 15 is 0 Å². The lowest BCUT2D eigenvalue weighted by Crippen LogP contribution is -1.94. The number of hydrogen-bond acceptors (Lipinski definition) is 3. The number of phenolic OH excluding ortho intramolecular Hbond substituents is 1. The van der Waals surface area contributed by atoms with Gasteiger partial charge in [0.25, 0.3) is 0 Å². The van der Waals surface area contributed by atoms with Gasteiger partial charge in [-0.1, -0.05) is 24.3 Å². The first-order valence-electron chi connectivity index (χ1n) is 5.83. The summed E-state index contributed by atoms with van der Waals surface area (Å²) in [6, 6.07) is 15.0. The number of fused-ring (bicyclic) bond motifs is 1. The van der Waals surface area contributed by atoms with Gasteiger partial charge in [-0.3, -0.25) is 0 Å². The Morgan fingerprint density at radius 2 is 1.60 bits per heavy atom. The van der Waals surface area contributed by atoms with Crippen LogP contribution in [0.25, 0.3) is 10.8 Å². The second kappa shape index (κ2) is 6.11. The predicted octanol–water partition coefficient (Wildman–Crippen LogP) is 4.87. The smallest absolute Gasteiger partial charge is 0.138 e. The summed E-state index contributed by atoms with van der Waals surface area (Å²) in [5.41, 5.74) is 0.887. The quantitative estimate of drug-likeness (QED) is 0.648. The van der Waals surface area contributed by atoms with Crippen LogP contribution in [0.2, 0.25) is 0 Å². The van der Waals surface area contributed by atoms with Gasteiger partial charge in [-0.05, 0) is 40.2 Å². The van der Waals surface area contributed by atoms with E-state index in [0.717, 1.165) is 26.8 Å². The van der Waals surface area contributed by atoms with Crippen LogP contribution in [0.15, 0.2) is 59.2 Å². The number of nitrogens with zero attached hydrogens (tertiary/aromatic N) is 1. The van der Waals surface area contributed by atoms with Crippen LogP contribution in [0, 0.1) is 0 Å². The monoisotopic (exact) mass is 350 g/mol. The van der Waals surface area contributed by atoms with Crippen molar-refractivity contribution in [1.29, 1.82) is 0 Å². The van der Waals surface area contributed by atoms with Crippen molar-refractivity contribution < 1.29 is 5.11 Å². The van der Waals surface area contributed by atoms with Crippen LogP contribution in [0.1, 0.15) is 0 Å². The number of rotatable bonds is 2. The molecular formula is C15H12BrClN2O. The highest BCUT2D eigenvalue weighted by molar-refractivity contribution is 9.10. The largest absolute Gasteiger partial charge is 0.508 e. The molecule has 3 nitrogen and oxygen atoms in total. The Bertz CT molecular complexity index is 732. The molecule has 0 aliphatic heterocycles. The van der Waals surface area contributed by atoms with Gasteiger partial charge in [0.2, 0.25) is 0 Å². The van der Waals surface area contributed by atoms with Crippen molar-refractivity contribution >= 4 is 50.6 Å². The molecule has 0 fully saturated rings. The molecule has 0 saturated heterocycles. The fourth-order valence-electron chi connectivity index (χ4n) is 1.94. The third-order valence-corrected chi connectivity index (χ3v) is 3.51. The molecule has 3 aromatic rings. The van der Waals surface area contributed by atoms with Crippen LogP contribution in [0.3, 0.4) is 0 Å². The summed E-state index contributed by atoms with van der Waals surface area (Å²) in [5.74, 6) is 1.05. The zero-order valence-electron chi connectivity index (χ0n) is 10.4. The maximum Gasteiger partial charge on any atom is 0.138 e. The molecule has 3 rings (SSSR count). The Morgan fingerprint density at radius 1 is 0.950 bits per heavy atom. The van der Waals surface area contributed by atoms with Gasteiger partial charge >= 0.3 is 0 Å². The average molecular weight is 352 g/mol. The minimum absolute atomic E-state index is 0. The van der Waals surface area contributed by atoms with Gasteiger partial charge in [-0.2, -0.15) is 0 Å². The summed E-state index contributed by atoms with van der Waals surface area (Å²) in [4.78, 5) is 4.40. The van der Waals surface area contributed by atoms with Crippen molar-refractivity contribution in [2.45, 2.75) is 0 Å². The van der Waals surface area contributed by atoms with E-state index in [0.29, 0.717) is 0 Å². The Labute approximate surface area is 131 Å². The molecule has 0 amide bonds. The molecule has 5 heteroatoms. The summed E-state index contributed by atoms with van der Waals surface area (Å²) < 4.78 is 0.972. The summed E-state index contributed by atoms with van der Waals surface area (Å²) in [5, 5.41) is 14.7. The predicted molar refractivity (Wildman–Crippen MR) is 88.1 cm³/mol. The number of anilines is 2. The summed E-state index contributed by atoms with van der Waals surface area (Å²) >= 11 is 3.50. The topological polar surface area (TPSA) is 45.1 Å². The fraction of sp³-hybridized carbons (Fsp3) is 0. The van der Waals surface area contributed by atoms with E-state index in [-0.39, 0.29) is 18.2 Å². The van der Waals surface area contributed by atoms with E-state index in [4.69, 9.17) is 0 Å². The molecule has 0 aliphatic rings. The van der Waals surface area contributed by atoms with E-state index in [9.17, 15) is 5.11 Å². The molecule has 0 aliphatic carbocycles. The van der Waals surface area contributed by atoms with E-state index in [1.165, 1.54) is 0 Å². The second-order valence-electron chi connectivity index (χ2n) is 4.17. The maximum atomic E-state index is 9.28. The van der Waals surface area contributed by atoms with Gasteiger partial charge in [0.05, 0.1) is 0 Å². The van der Waals surface area contributed by atoms with Crippen LogP contribution < -0.4 is 5.32 Å². The molecule has 102 valence electrons. The van der Waals surface area contributed by atoms with Crippen molar-refractivity contribution in [3.05, 3.63) is 59.2 Å². The first kappa shape index (κ1) is 14.6. The molecule has 0 radical (unpaired) electrons. The third kappa shape index (κ3) is 2.86. The molecule has 1 heterocycles. The standard InChI is InChI=1S/C15H11BrN2O.ClH/c16-14-9-17-15(13-4-2-1-3-12(13)14)18-10-5-7-11(19)8-6-10;/h1-9,19H,(H,17,18);1H. The van der Waals surface area contributed by atoms with Crippen LogP contribution in [0.5, 0.6) is 5.75 Å². The Kier molecular flexibility index (Phi) is 4.47.